The van der Waals surface area contributed by atoms with Crippen LogP contribution in [0.5, 0.6) is 5.75 Å². The van der Waals surface area contributed by atoms with Gasteiger partial charge in [0.15, 0.2) is 0 Å². The van der Waals surface area contributed by atoms with Gasteiger partial charge in [-0.2, -0.15) is 0 Å². The second kappa shape index (κ2) is 9.34. The first-order chi connectivity index (χ1) is 13.9. The van der Waals surface area contributed by atoms with Crippen molar-refractivity contribution < 1.29 is 19.2 Å². The summed E-state index contributed by atoms with van der Waals surface area (Å²) in [5, 5.41) is 10.8. The minimum absolute atomic E-state index is 0.00575. The Bertz CT molecular complexity index is 937. The average molecular weight is 415 g/mol. The Morgan fingerprint density at radius 2 is 1.83 bits per heavy atom. The SMILES string of the molecule is O=C(Oc1ccc([N+](=O)[O-])cc1Cl)C1CCN(C(=O)/C=C/c2ccccc2)CC1. The number of nitro groups is 1. The van der Waals surface area contributed by atoms with Crippen molar-refractivity contribution >= 4 is 35.2 Å². The molecule has 0 unspecified atom stereocenters. The molecule has 2 aromatic rings. The molecule has 1 amide bonds. The Balaban J connectivity index is 1.52. The summed E-state index contributed by atoms with van der Waals surface area (Å²) in [6.45, 7) is 0.900. The second-order valence-corrected chi connectivity index (χ2v) is 7.04. The number of carbonyl (C=O) groups is 2. The van der Waals surface area contributed by atoms with Crippen LogP contribution in [0.2, 0.25) is 5.02 Å². The van der Waals surface area contributed by atoms with Crippen LogP contribution in [0.1, 0.15) is 18.4 Å². The van der Waals surface area contributed by atoms with Crippen molar-refractivity contribution in [1.29, 1.82) is 0 Å². The van der Waals surface area contributed by atoms with E-state index in [4.69, 9.17) is 16.3 Å². The zero-order chi connectivity index (χ0) is 20.8. The topological polar surface area (TPSA) is 89.8 Å². The standard InChI is InChI=1S/C21H19ClN2O5/c22-18-14-17(24(27)28)7-8-19(18)29-21(26)16-10-12-23(13-11-16)20(25)9-6-15-4-2-1-3-5-15/h1-9,14,16H,10-13H2/b9-6+. The summed E-state index contributed by atoms with van der Waals surface area (Å²) in [6.07, 6.45) is 4.26. The maximum atomic E-state index is 12.4. The molecule has 0 atom stereocenters. The van der Waals surface area contributed by atoms with Gasteiger partial charge in [0, 0.05) is 31.3 Å². The Morgan fingerprint density at radius 1 is 1.14 bits per heavy atom. The summed E-state index contributed by atoms with van der Waals surface area (Å²) in [5.41, 5.74) is 0.768. The summed E-state index contributed by atoms with van der Waals surface area (Å²) in [7, 11) is 0. The molecule has 0 radical (unpaired) electrons. The number of carbonyl (C=O) groups excluding carboxylic acids is 2. The van der Waals surface area contributed by atoms with E-state index < -0.39 is 10.9 Å². The van der Waals surface area contributed by atoms with Crippen molar-refractivity contribution in [1.82, 2.24) is 4.90 Å². The Kier molecular flexibility index (Phi) is 6.61. The molecule has 29 heavy (non-hydrogen) atoms. The first kappa shape index (κ1) is 20.5. The van der Waals surface area contributed by atoms with Crippen molar-refractivity contribution in [2.45, 2.75) is 12.8 Å². The molecule has 0 aliphatic carbocycles. The molecule has 0 bridgehead atoms. The van der Waals surface area contributed by atoms with E-state index in [9.17, 15) is 19.7 Å². The Morgan fingerprint density at radius 3 is 2.45 bits per heavy atom. The number of benzene rings is 2. The quantitative estimate of drug-likeness (QED) is 0.241. The number of likely N-dealkylation sites (tertiary alicyclic amines) is 1. The lowest BCUT2D eigenvalue weighted by Gasteiger charge is -2.30. The fraction of sp³-hybridized carbons (Fsp3) is 0.238. The maximum absolute atomic E-state index is 12.4. The van der Waals surface area contributed by atoms with Crippen molar-refractivity contribution in [2.75, 3.05) is 13.1 Å². The van der Waals surface area contributed by atoms with E-state index in [1.807, 2.05) is 30.3 Å². The number of nitrogens with zero attached hydrogens (tertiary/aromatic N) is 2. The number of piperidine rings is 1. The predicted octanol–water partition coefficient (Wildman–Crippen LogP) is 4.11. The summed E-state index contributed by atoms with van der Waals surface area (Å²) >= 11 is 5.96. The van der Waals surface area contributed by atoms with E-state index >= 15 is 0 Å². The second-order valence-electron chi connectivity index (χ2n) is 6.64. The van der Waals surface area contributed by atoms with Gasteiger partial charge in [0.2, 0.25) is 5.91 Å². The number of hydrogen-bond donors (Lipinski definition) is 0. The highest BCUT2D eigenvalue weighted by atomic mass is 35.5. The fourth-order valence-corrected chi connectivity index (χ4v) is 3.26. The Hall–Kier alpha value is -3.19. The van der Waals surface area contributed by atoms with Gasteiger partial charge in [-0.3, -0.25) is 19.7 Å². The maximum Gasteiger partial charge on any atom is 0.314 e. The predicted molar refractivity (Wildman–Crippen MR) is 109 cm³/mol. The third-order valence-corrected chi connectivity index (χ3v) is 4.99. The van der Waals surface area contributed by atoms with E-state index in [-0.39, 0.29) is 28.3 Å². The molecule has 0 aromatic heterocycles. The highest BCUT2D eigenvalue weighted by molar-refractivity contribution is 6.32. The minimum Gasteiger partial charge on any atom is -0.425 e. The summed E-state index contributed by atoms with van der Waals surface area (Å²) in [5.74, 6) is -0.818. The Labute approximate surface area is 172 Å². The number of amides is 1. The number of halogens is 1. The van der Waals surface area contributed by atoms with Crippen LogP contribution in [0.15, 0.2) is 54.6 Å². The van der Waals surface area contributed by atoms with Crippen LogP contribution in [0.4, 0.5) is 5.69 Å². The van der Waals surface area contributed by atoms with Gasteiger partial charge in [-0.15, -0.1) is 0 Å². The third-order valence-electron chi connectivity index (χ3n) is 4.69. The van der Waals surface area contributed by atoms with E-state index in [0.29, 0.717) is 25.9 Å². The van der Waals surface area contributed by atoms with Crippen molar-refractivity contribution in [2.24, 2.45) is 5.92 Å². The van der Waals surface area contributed by atoms with Gasteiger partial charge in [0.05, 0.1) is 15.9 Å². The molecule has 1 aliphatic heterocycles. The van der Waals surface area contributed by atoms with Gasteiger partial charge in [-0.05, 0) is 30.5 Å². The molecule has 1 fully saturated rings. The monoisotopic (exact) mass is 414 g/mol. The molecule has 3 rings (SSSR count). The summed E-state index contributed by atoms with van der Waals surface area (Å²) < 4.78 is 5.31. The van der Waals surface area contributed by atoms with E-state index in [2.05, 4.69) is 0 Å². The zero-order valence-electron chi connectivity index (χ0n) is 15.5. The molecule has 2 aromatic carbocycles. The lowest BCUT2D eigenvalue weighted by molar-refractivity contribution is -0.384. The number of rotatable bonds is 5. The first-order valence-electron chi connectivity index (χ1n) is 9.11. The number of esters is 1. The molecule has 1 aliphatic rings. The molecular formula is C21H19ClN2O5. The van der Waals surface area contributed by atoms with Crippen LogP contribution in [-0.4, -0.2) is 34.8 Å². The first-order valence-corrected chi connectivity index (χ1v) is 9.49. The van der Waals surface area contributed by atoms with E-state index in [1.54, 1.807) is 11.0 Å². The minimum atomic E-state index is -0.573. The molecule has 0 saturated carbocycles. The largest absolute Gasteiger partial charge is 0.425 e. The molecule has 7 nitrogen and oxygen atoms in total. The van der Waals surface area contributed by atoms with E-state index in [1.165, 1.54) is 18.2 Å². The van der Waals surface area contributed by atoms with Crippen molar-refractivity contribution in [3.8, 4) is 5.75 Å². The van der Waals surface area contributed by atoms with Crippen LogP contribution < -0.4 is 4.74 Å². The summed E-state index contributed by atoms with van der Waals surface area (Å²) in [4.78, 5) is 36.6. The van der Waals surface area contributed by atoms with Gasteiger partial charge in [-0.1, -0.05) is 41.9 Å². The highest BCUT2D eigenvalue weighted by Crippen LogP contribution is 2.30. The van der Waals surface area contributed by atoms with E-state index in [0.717, 1.165) is 11.6 Å². The molecular weight excluding hydrogens is 396 g/mol. The third kappa shape index (κ3) is 5.42. The lowest BCUT2D eigenvalue weighted by Crippen LogP contribution is -2.40. The molecule has 0 spiro atoms. The van der Waals surface area contributed by atoms with Crippen LogP contribution >= 0.6 is 11.6 Å². The van der Waals surface area contributed by atoms with Crippen molar-refractivity contribution in [3.63, 3.8) is 0 Å². The smallest absolute Gasteiger partial charge is 0.314 e. The fourth-order valence-electron chi connectivity index (χ4n) is 3.05. The van der Waals surface area contributed by atoms with Gasteiger partial charge in [0.1, 0.15) is 5.75 Å². The van der Waals surface area contributed by atoms with Gasteiger partial charge >= 0.3 is 5.97 Å². The summed E-state index contributed by atoms with van der Waals surface area (Å²) in [6, 6.07) is 13.2. The molecule has 1 heterocycles. The number of nitro benzene ring substituents is 1. The normalized spacial score (nSPS) is 14.7. The number of ether oxygens (including phenoxy) is 1. The average Bonchev–Trinajstić information content (AvgIpc) is 2.74. The zero-order valence-corrected chi connectivity index (χ0v) is 16.2. The van der Waals surface area contributed by atoms with Crippen LogP contribution in [-0.2, 0) is 9.59 Å². The van der Waals surface area contributed by atoms with Crippen LogP contribution in [0.3, 0.4) is 0 Å². The molecule has 0 N–H and O–H groups in total. The van der Waals surface area contributed by atoms with Gasteiger partial charge in [-0.25, -0.2) is 0 Å². The highest BCUT2D eigenvalue weighted by Gasteiger charge is 2.28. The molecule has 150 valence electrons. The molecule has 1 saturated heterocycles. The molecule has 8 heteroatoms. The number of non-ortho nitro benzene ring substituents is 1. The number of hydrogen-bond acceptors (Lipinski definition) is 5. The van der Waals surface area contributed by atoms with Crippen LogP contribution in [0.25, 0.3) is 6.08 Å². The van der Waals surface area contributed by atoms with Gasteiger partial charge in [0.25, 0.3) is 5.69 Å². The van der Waals surface area contributed by atoms with Crippen molar-refractivity contribution in [3.05, 3.63) is 75.3 Å². The van der Waals surface area contributed by atoms with Gasteiger partial charge < -0.3 is 9.64 Å². The lowest BCUT2D eigenvalue weighted by atomic mass is 9.97. The van der Waals surface area contributed by atoms with Crippen LogP contribution in [0, 0.1) is 16.0 Å².